The quantitative estimate of drug-likeness (QED) is 0.852. The smallest absolute Gasteiger partial charge is 0.252 e. The number of hydrogen-bond donors (Lipinski definition) is 2. The molecule has 0 radical (unpaired) electrons. The van der Waals surface area contributed by atoms with Crippen molar-refractivity contribution >= 4 is 35.0 Å². The van der Waals surface area contributed by atoms with E-state index in [0.29, 0.717) is 16.3 Å². The summed E-state index contributed by atoms with van der Waals surface area (Å²) in [5, 5.41) is 3.28. The molecular weight excluding hydrogens is 280 g/mol. The maximum absolute atomic E-state index is 11.8. The van der Waals surface area contributed by atoms with Gasteiger partial charge in [-0.3, -0.25) is 4.79 Å². The van der Waals surface area contributed by atoms with Gasteiger partial charge in [-0.05, 0) is 36.4 Å². The number of halogens is 1. The van der Waals surface area contributed by atoms with Crippen LogP contribution in [-0.4, -0.2) is 13.0 Å². The van der Waals surface area contributed by atoms with Gasteiger partial charge in [0, 0.05) is 27.5 Å². The predicted octanol–water partition coefficient (Wildman–Crippen LogP) is 3.43. The van der Waals surface area contributed by atoms with Crippen LogP contribution in [-0.2, 0) is 0 Å². The van der Waals surface area contributed by atoms with Crippen molar-refractivity contribution in [2.24, 2.45) is 0 Å². The third kappa shape index (κ3) is 3.43. The van der Waals surface area contributed by atoms with Crippen molar-refractivity contribution in [1.82, 2.24) is 5.32 Å². The molecule has 0 aromatic heterocycles. The predicted molar refractivity (Wildman–Crippen MR) is 79.8 cm³/mol. The van der Waals surface area contributed by atoms with Gasteiger partial charge in [0.05, 0.1) is 5.56 Å². The summed E-state index contributed by atoms with van der Waals surface area (Å²) < 4.78 is 0. The Morgan fingerprint density at radius 1 is 1.26 bits per heavy atom. The second-order valence-corrected chi connectivity index (χ2v) is 5.45. The Bertz CT molecular complexity index is 616. The third-order valence-electron chi connectivity index (χ3n) is 2.50. The zero-order valence-electron chi connectivity index (χ0n) is 10.3. The Hall–Kier alpha value is -1.65. The van der Waals surface area contributed by atoms with Crippen LogP contribution in [0, 0.1) is 0 Å². The van der Waals surface area contributed by atoms with Crippen molar-refractivity contribution < 1.29 is 4.79 Å². The minimum atomic E-state index is -0.135. The Balaban J connectivity index is 2.38. The van der Waals surface area contributed by atoms with E-state index in [-0.39, 0.29) is 5.91 Å². The number of hydrogen-bond acceptors (Lipinski definition) is 3. The van der Waals surface area contributed by atoms with E-state index < -0.39 is 0 Å². The number of carbonyl (C=O) groups is 1. The fourth-order valence-corrected chi connectivity index (χ4v) is 2.91. The fraction of sp³-hybridized carbons (Fsp3) is 0.0714. The van der Waals surface area contributed by atoms with Crippen LogP contribution >= 0.6 is 23.4 Å². The van der Waals surface area contributed by atoms with Gasteiger partial charge in [-0.1, -0.05) is 29.4 Å². The Morgan fingerprint density at radius 2 is 2.05 bits per heavy atom. The van der Waals surface area contributed by atoms with Gasteiger partial charge in [0.25, 0.3) is 5.91 Å². The van der Waals surface area contributed by atoms with Gasteiger partial charge in [0.15, 0.2) is 0 Å². The van der Waals surface area contributed by atoms with Crippen molar-refractivity contribution in [3.8, 4) is 0 Å². The largest absolute Gasteiger partial charge is 0.399 e. The SMILES string of the molecule is CNC(=O)c1ccc(N)cc1Sc1cccc(Cl)c1. The van der Waals surface area contributed by atoms with E-state index in [2.05, 4.69) is 5.32 Å². The minimum Gasteiger partial charge on any atom is -0.399 e. The maximum atomic E-state index is 11.8. The Labute approximate surface area is 121 Å². The molecule has 0 aliphatic carbocycles. The average Bonchev–Trinajstić information content (AvgIpc) is 2.38. The second-order valence-electron chi connectivity index (χ2n) is 3.89. The first-order valence-electron chi connectivity index (χ1n) is 5.65. The second kappa shape index (κ2) is 5.99. The molecule has 0 bridgehead atoms. The summed E-state index contributed by atoms with van der Waals surface area (Å²) in [6, 6.07) is 12.7. The molecule has 1 amide bonds. The first-order chi connectivity index (χ1) is 9.10. The van der Waals surface area contributed by atoms with E-state index in [4.69, 9.17) is 17.3 Å². The lowest BCUT2D eigenvalue weighted by molar-refractivity contribution is 0.0960. The molecule has 0 heterocycles. The third-order valence-corrected chi connectivity index (χ3v) is 3.78. The van der Waals surface area contributed by atoms with E-state index >= 15 is 0 Å². The number of anilines is 1. The standard InChI is InChI=1S/C14H13ClN2OS/c1-17-14(18)12-6-5-10(16)8-13(12)19-11-4-2-3-9(15)7-11/h2-8H,16H2,1H3,(H,17,18). The first-order valence-corrected chi connectivity index (χ1v) is 6.84. The van der Waals surface area contributed by atoms with Gasteiger partial charge in [-0.2, -0.15) is 0 Å². The van der Waals surface area contributed by atoms with E-state index in [9.17, 15) is 4.79 Å². The van der Waals surface area contributed by atoms with Gasteiger partial charge in [0.1, 0.15) is 0 Å². The number of rotatable bonds is 3. The maximum Gasteiger partial charge on any atom is 0.252 e. The Morgan fingerprint density at radius 3 is 2.74 bits per heavy atom. The lowest BCUT2D eigenvalue weighted by Crippen LogP contribution is -2.18. The van der Waals surface area contributed by atoms with E-state index in [1.807, 2.05) is 24.3 Å². The fourth-order valence-electron chi connectivity index (χ4n) is 1.60. The molecule has 19 heavy (non-hydrogen) atoms. The Kier molecular flexibility index (Phi) is 4.35. The van der Waals surface area contributed by atoms with Crippen LogP contribution in [0.2, 0.25) is 5.02 Å². The molecule has 0 unspecified atom stereocenters. The van der Waals surface area contributed by atoms with Crippen molar-refractivity contribution in [2.45, 2.75) is 9.79 Å². The van der Waals surface area contributed by atoms with Crippen molar-refractivity contribution in [3.63, 3.8) is 0 Å². The van der Waals surface area contributed by atoms with Gasteiger partial charge < -0.3 is 11.1 Å². The number of carbonyl (C=O) groups excluding carboxylic acids is 1. The van der Waals surface area contributed by atoms with E-state index in [1.165, 1.54) is 11.8 Å². The van der Waals surface area contributed by atoms with Crippen molar-refractivity contribution in [3.05, 3.63) is 53.1 Å². The van der Waals surface area contributed by atoms with Crippen LogP contribution in [0.4, 0.5) is 5.69 Å². The summed E-state index contributed by atoms with van der Waals surface area (Å²) in [6.07, 6.45) is 0. The highest BCUT2D eigenvalue weighted by Gasteiger charge is 2.11. The molecule has 98 valence electrons. The van der Waals surface area contributed by atoms with Gasteiger partial charge in [0.2, 0.25) is 0 Å². The highest BCUT2D eigenvalue weighted by Crippen LogP contribution is 2.33. The van der Waals surface area contributed by atoms with Gasteiger partial charge >= 0.3 is 0 Å². The lowest BCUT2D eigenvalue weighted by Gasteiger charge is -2.09. The molecule has 3 N–H and O–H groups in total. The van der Waals surface area contributed by atoms with Crippen LogP contribution in [0.3, 0.4) is 0 Å². The van der Waals surface area contributed by atoms with Crippen LogP contribution in [0.1, 0.15) is 10.4 Å². The molecule has 0 aliphatic heterocycles. The first kappa shape index (κ1) is 13.8. The molecule has 5 heteroatoms. The summed E-state index contributed by atoms with van der Waals surface area (Å²) in [4.78, 5) is 13.6. The molecule has 0 fully saturated rings. The molecule has 0 atom stereocenters. The van der Waals surface area contributed by atoms with Crippen molar-refractivity contribution in [1.29, 1.82) is 0 Å². The normalized spacial score (nSPS) is 10.2. The minimum absolute atomic E-state index is 0.135. The van der Waals surface area contributed by atoms with Crippen LogP contribution in [0.5, 0.6) is 0 Å². The van der Waals surface area contributed by atoms with Crippen LogP contribution in [0.15, 0.2) is 52.3 Å². The summed E-state index contributed by atoms with van der Waals surface area (Å²) >= 11 is 7.42. The number of nitrogens with one attached hydrogen (secondary N) is 1. The molecule has 0 saturated heterocycles. The van der Waals surface area contributed by atoms with Crippen LogP contribution in [0.25, 0.3) is 0 Å². The van der Waals surface area contributed by atoms with E-state index in [1.54, 1.807) is 25.2 Å². The molecule has 0 saturated carbocycles. The summed E-state index contributed by atoms with van der Waals surface area (Å²) in [5.41, 5.74) is 7.00. The number of benzene rings is 2. The lowest BCUT2D eigenvalue weighted by atomic mass is 10.2. The number of nitrogen functional groups attached to an aromatic ring is 1. The monoisotopic (exact) mass is 292 g/mol. The zero-order chi connectivity index (χ0) is 13.8. The van der Waals surface area contributed by atoms with Crippen molar-refractivity contribution in [2.75, 3.05) is 12.8 Å². The van der Waals surface area contributed by atoms with Gasteiger partial charge in [-0.15, -0.1) is 0 Å². The highest BCUT2D eigenvalue weighted by molar-refractivity contribution is 7.99. The molecule has 0 spiro atoms. The van der Waals surface area contributed by atoms with E-state index in [0.717, 1.165) is 9.79 Å². The molecule has 0 aliphatic rings. The molecule has 2 rings (SSSR count). The van der Waals surface area contributed by atoms with Gasteiger partial charge in [-0.25, -0.2) is 0 Å². The average molecular weight is 293 g/mol. The molecular formula is C14H13ClN2OS. The zero-order valence-corrected chi connectivity index (χ0v) is 11.9. The van der Waals surface area contributed by atoms with Crippen LogP contribution < -0.4 is 11.1 Å². The summed E-state index contributed by atoms with van der Waals surface area (Å²) in [6.45, 7) is 0. The summed E-state index contributed by atoms with van der Waals surface area (Å²) in [7, 11) is 1.60. The molecule has 2 aromatic rings. The number of amides is 1. The molecule has 3 nitrogen and oxygen atoms in total. The highest BCUT2D eigenvalue weighted by atomic mass is 35.5. The molecule has 2 aromatic carbocycles. The topological polar surface area (TPSA) is 55.1 Å². The summed E-state index contributed by atoms with van der Waals surface area (Å²) in [5.74, 6) is -0.135. The number of nitrogens with two attached hydrogens (primary N) is 1.